The number of rotatable bonds is 2. The van der Waals surface area contributed by atoms with Crippen molar-refractivity contribution in [1.29, 1.82) is 5.26 Å². The van der Waals surface area contributed by atoms with Crippen molar-refractivity contribution in [3.8, 4) is 11.8 Å². The van der Waals surface area contributed by atoms with Crippen molar-refractivity contribution in [2.45, 2.75) is 0 Å². The number of aromatic amines is 1. The fraction of sp³-hybridized carbons (Fsp3) is 0.0714. The summed E-state index contributed by atoms with van der Waals surface area (Å²) in [7, 11) is 1.26. The third kappa shape index (κ3) is 2.31. The minimum atomic E-state index is -0.634. The van der Waals surface area contributed by atoms with Crippen LogP contribution in [0.2, 0.25) is 0 Å². The Bertz CT molecular complexity index is 983. The molecule has 0 radical (unpaired) electrons. The number of aromatic nitrogens is 3. The second-order valence-corrected chi connectivity index (χ2v) is 6.25. The lowest BCUT2D eigenvalue weighted by molar-refractivity contribution is 0.0593. The van der Waals surface area contributed by atoms with E-state index >= 15 is 0 Å². The second-order valence-electron chi connectivity index (χ2n) is 4.60. The summed E-state index contributed by atoms with van der Waals surface area (Å²) in [5, 5.41) is 9.20. The number of nitrogens with zero attached hydrogens (tertiary/aromatic N) is 3. The Hall–Kier alpha value is -2.31. The molecule has 0 aliphatic carbocycles. The summed E-state index contributed by atoms with van der Waals surface area (Å²) in [6, 6.07) is 3.79. The van der Waals surface area contributed by atoms with Gasteiger partial charge in [0.2, 0.25) is 0 Å². The summed E-state index contributed by atoms with van der Waals surface area (Å²) in [6.45, 7) is 0. The number of carbonyl (C=O) groups excluding carboxylic acids is 1. The van der Waals surface area contributed by atoms with E-state index in [4.69, 9.17) is 10.5 Å². The molecule has 2 aromatic heterocycles. The van der Waals surface area contributed by atoms with Gasteiger partial charge in [0.05, 0.1) is 40.4 Å². The van der Waals surface area contributed by atoms with E-state index in [9.17, 15) is 10.1 Å². The molecule has 0 saturated carbocycles. The number of hydrogen-bond donors (Lipinski definition) is 2. The van der Waals surface area contributed by atoms with Crippen LogP contribution in [0.5, 0.6) is 0 Å². The van der Waals surface area contributed by atoms with E-state index in [1.165, 1.54) is 17.9 Å². The molecule has 9 heteroatoms. The Balaban J connectivity index is 2.39. The number of H-pyrrole nitrogens is 1. The largest absolute Gasteiger partial charge is 0.464 e. The number of nitrogens with one attached hydrogen (secondary N) is 1. The minimum absolute atomic E-state index is 0.0697. The Morgan fingerprint density at radius 3 is 2.91 bits per heavy atom. The minimum Gasteiger partial charge on any atom is -0.464 e. The van der Waals surface area contributed by atoms with Gasteiger partial charge in [-0.3, -0.25) is 0 Å². The lowest BCUT2D eigenvalue weighted by Gasteiger charge is -2.13. The SMILES string of the molecule is COC(=O)c1c(N)c(C#N)cn1-c1c(Br)cc2[nH]cnc2c1Br. The van der Waals surface area contributed by atoms with Crippen LogP contribution in [0.15, 0.2) is 27.5 Å². The molecular weight excluding hydrogens is 430 g/mol. The maximum absolute atomic E-state index is 12.1. The maximum Gasteiger partial charge on any atom is 0.357 e. The fourth-order valence-corrected chi connectivity index (χ4v) is 3.92. The molecule has 0 unspecified atom stereocenters. The highest BCUT2D eigenvalue weighted by Crippen LogP contribution is 2.37. The monoisotopic (exact) mass is 437 g/mol. The van der Waals surface area contributed by atoms with Gasteiger partial charge < -0.3 is 20.0 Å². The molecule has 23 heavy (non-hydrogen) atoms. The normalized spacial score (nSPS) is 10.7. The summed E-state index contributed by atoms with van der Waals surface area (Å²) in [6.07, 6.45) is 3.06. The number of methoxy groups -OCH3 is 1. The van der Waals surface area contributed by atoms with E-state index in [1.54, 1.807) is 6.33 Å². The highest BCUT2D eigenvalue weighted by molar-refractivity contribution is 9.11. The highest BCUT2D eigenvalue weighted by atomic mass is 79.9. The molecule has 3 N–H and O–H groups in total. The lowest BCUT2D eigenvalue weighted by atomic mass is 10.2. The molecule has 0 fully saturated rings. The first-order valence-corrected chi connectivity index (χ1v) is 7.88. The number of fused-ring (bicyclic) bond motifs is 1. The molecule has 7 nitrogen and oxygen atoms in total. The van der Waals surface area contributed by atoms with Gasteiger partial charge in [-0.15, -0.1) is 0 Å². The zero-order valence-corrected chi connectivity index (χ0v) is 14.9. The standard InChI is InChI=1S/C14H9Br2N5O2/c1-23-14(22)13-10(18)6(3-17)4-21(13)12-7(15)2-8-11(9(12)16)20-5-19-8/h2,4-5H,18H2,1H3,(H,19,20). The quantitative estimate of drug-likeness (QED) is 0.597. The molecule has 0 spiro atoms. The van der Waals surface area contributed by atoms with Gasteiger partial charge in [-0.1, -0.05) is 0 Å². The van der Waals surface area contributed by atoms with Gasteiger partial charge >= 0.3 is 5.97 Å². The van der Waals surface area contributed by atoms with Gasteiger partial charge in [0, 0.05) is 10.7 Å². The Kier molecular flexibility index (Phi) is 3.87. The predicted octanol–water partition coefficient (Wildman–Crippen LogP) is 3.12. The van der Waals surface area contributed by atoms with Crippen LogP contribution in [-0.2, 0) is 4.74 Å². The van der Waals surface area contributed by atoms with Crippen molar-refractivity contribution in [2.75, 3.05) is 12.8 Å². The number of benzene rings is 1. The third-order valence-corrected chi connectivity index (χ3v) is 4.72. The molecule has 0 atom stereocenters. The molecule has 0 saturated heterocycles. The molecular formula is C14H9Br2N5O2. The molecule has 0 aliphatic heterocycles. The number of carbonyl (C=O) groups is 1. The van der Waals surface area contributed by atoms with Crippen LogP contribution in [0.1, 0.15) is 16.1 Å². The van der Waals surface area contributed by atoms with Crippen molar-refractivity contribution in [3.05, 3.63) is 38.8 Å². The lowest BCUT2D eigenvalue weighted by Crippen LogP contribution is -2.12. The summed E-state index contributed by atoms with van der Waals surface area (Å²) in [4.78, 5) is 19.4. The number of esters is 1. The van der Waals surface area contributed by atoms with Gasteiger partial charge in [0.15, 0.2) is 5.69 Å². The van der Waals surface area contributed by atoms with Gasteiger partial charge in [0.1, 0.15) is 11.6 Å². The van der Waals surface area contributed by atoms with Crippen molar-refractivity contribution < 1.29 is 9.53 Å². The first-order chi connectivity index (χ1) is 11.0. The number of anilines is 1. The molecule has 116 valence electrons. The topological polar surface area (TPSA) is 110 Å². The van der Waals surface area contributed by atoms with Gasteiger partial charge in [-0.2, -0.15) is 5.26 Å². The first-order valence-electron chi connectivity index (χ1n) is 6.30. The summed E-state index contributed by atoms with van der Waals surface area (Å²) < 4.78 is 7.64. The van der Waals surface area contributed by atoms with E-state index in [-0.39, 0.29) is 16.9 Å². The van der Waals surface area contributed by atoms with E-state index in [2.05, 4.69) is 41.8 Å². The highest BCUT2D eigenvalue weighted by Gasteiger charge is 2.25. The average Bonchev–Trinajstić information content (AvgIpc) is 3.11. The van der Waals surface area contributed by atoms with Crippen LogP contribution in [0.3, 0.4) is 0 Å². The van der Waals surface area contributed by atoms with Crippen LogP contribution < -0.4 is 5.73 Å². The van der Waals surface area contributed by atoms with Crippen LogP contribution >= 0.6 is 31.9 Å². The number of ether oxygens (including phenoxy) is 1. The van der Waals surface area contributed by atoms with E-state index in [0.29, 0.717) is 20.1 Å². The van der Waals surface area contributed by atoms with E-state index < -0.39 is 5.97 Å². The Morgan fingerprint density at radius 1 is 1.52 bits per heavy atom. The number of imidazole rings is 1. The van der Waals surface area contributed by atoms with Crippen LogP contribution in [0.4, 0.5) is 5.69 Å². The predicted molar refractivity (Wildman–Crippen MR) is 91.3 cm³/mol. The van der Waals surface area contributed by atoms with Crippen LogP contribution in [-0.4, -0.2) is 27.6 Å². The zero-order valence-electron chi connectivity index (χ0n) is 11.7. The second kappa shape index (κ2) is 5.72. The number of nitrogen functional groups attached to an aromatic ring is 1. The fourth-order valence-electron chi connectivity index (χ4n) is 2.31. The molecule has 0 aliphatic rings. The summed E-state index contributed by atoms with van der Waals surface area (Å²) in [5.74, 6) is -0.634. The summed E-state index contributed by atoms with van der Waals surface area (Å²) in [5.41, 5.74) is 8.36. The Labute approximate surface area is 147 Å². The first kappa shape index (κ1) is 15.6. The third-order valence-electron chi connectivity index (χ3n) is 3.37. The van der Waals surface area contributed by atoms with E-state index in [1.807, 2.05) is 12.1 Å². The number of halogens is 2. The van der Waals surface area contributed by atoms with Gasteiger partial charge in [-0.05, 0) is 37.9 Å². The van der Waals surface area contributed by atoms with Crippen LogP contribution in [0.25, 0.3) is 16.7 Å². The molecule has 3 aromatic rings. The smallest absolute Gasteiger partial charge is 0.357 e. The maximum atomic E-state index is 12.1. The van der Waals surface area contributed by atoms with Crippen molar-refractivity contribution >= 4 is 54.5 Å². The molecule has 0 amide bonds. The van der Waals surface area contributed by atoms with Crippen molar-refractivity contribution in [3.63, 3.8) is 0 Å². The number of nitrogens with two attached hydrogens (primary N) is 1. The molecule has 2 heterocycles. The number of nitriles is 1. The molecule has 1 aromatic carbocycles. The Morgan fingerprint density at radius 2 is 2.26 bits per heavy atom. The van der Waals surface area contributed by atoms with Gasteiger partial charge in [-0.25, -0.2) is 9.78 Å². The van der Waals surface area contributed by atoms with Crippen molar-refractivity contribution in [1.82, 2.24) is 14.5 Å². The average molecular weight is 439 g/mol. The number of hydrogen-bond acceptors (Lipinski definition) is 5. The van der Waals surface area contributed by atoms with Crippen LogP contribution in [0, 0.1) is 11.3 Å². The van der Waals surface area contributed by atoms with E-state index in [0.717, 1.165) is 5.52 Å². The summed E-state index contributed by atoms with van der Waals surface area (Å²) >= 11 is 6.98. The molecule has 3 rings (SSSR count). The van der Waals surface area contributed by atoms with Crippen molar-refractivity contribution in [2.24, 2.45) is 0 Å². The zero-order chi connectivity index (χ0) is 16.7. The molecule has 0 bridgehead atoms. The van der Waals surface area contributed by atoms with Gasteiger partial charge in [0.25, 0.3) is 0 Å².